The van der Waals surface area contributed by atoms with Gasteiger partial charge in [0.15, 0.2) is 0 Å². The Morgan fingerprint density at radius 3 is 2.71 bits per heavy atom. The highest BCUT2D eigenvalue weighted by molar-refractivity contribution is 7.10. The van der Waals surface area contributed by atoms with E-state index in [1.807, 2.05) is 43.0 Å². The number of hydrogen-bond acceptors (Lipinski definition) is 4. The molecule has 1 atom stereocenters. The van der Waals surface area contributed by atoms with Gasteiger partial charge in [-0.15, -0.1) is 11.3 Å². The van der Waals surface area contributed by atoms with Crippen molar-refractivity contribution in [1.82, 2.24) is 9.80 Å². The molecule has 4 rings (SSSR count). The van der Waals surface area contributed by atoms with Crippen molar-refractivity contribution in [2.45, 2.75) is 52.0 Å². The normalized spacial score (nSPS) is 18.6. The standard InChI is InChI=1S/C25H32N2O3S/c1-3-26(25(29)19-9-5-6-10-19)16-24(28)27-14-12-23-20(13-15-31-23)21(27)17-30-22-11-7-4-8-18(22)2/h4,7-8,11,13,15,19,21H,3,5-6,9-10,12,14,16-17H2,1-2H3. The van der Waals surface area contributed by atoms with E-state index >= 15 is 0 Å². The molecule has 0 radical (unpaired) electrons. The summed E-state index contributed by atoms with van der Waals surface area (Å²) in [7, 11) is 0. The van der Waals surface area contributed by atoms with E-state index in [4.69, 9.17) is 4.74 Å². The van der Waals surface area contributed by atoms with Crippen molar-refractivity contribution < 1.29 is 14.3 Å². The molecule has 0 N–H and O–H groups in total. The molecular weight excluding hydrogens is 408 g/mol. The van der Waals surface area contributed by atoms with E-state index in [1.54, 1.807) is 16.2 Å². The van der Waals surface area contributed by atoms with Crippen LogP contribution in [0.5, 0.6) is 5.75 Å². The maximum absolute atomic E-state index is 13.4. The summed E-state index contributed by atoms with van der Waals surface area (Å²) in [6.45, 7) is 5.82. The lowest BCUT2D eigenvalue weighted by molar-refractivity contribution is -0.144. The van der Waals surface area contributed by atoms with Crippen LogP contribution in [-0.2, 0) is 16.0 Å². The van der Waals surface area contributed by atoms with E-state index in [9.17, 15) is 9.59 Å². The Bertz CT molecular complexity index is 919. The number of aryl methyl sites for hydroxylation is 1. The molecule has 2 heterocycles. The Morgan fingerprint density at radius 1 is 1.19 bits per heavy atom. The third-order valence-electron chi connectivity index (χ3n) is 6.63. The monoisotopic (exact) mass is 440 g/mol. The lowest BCUT2D eigenvalue weighted by atomic mass is 10.00. The van der Waals surface area contributed by atoms with Gasteiger partial charge in [0.1, 0.15) is 12.4 Å². The number of thiophene rings is 1. The van der Waals surface area contributed by atoms with Gasteiger partial charge in [0.05, 0.1) is 12.6 Å². The van der Waals surface area contributed by atoms with Crippen LogP contribution in [0.25, 0.3) is 0 Å². The van der Waals surface area contributed by atoms with E-state index in [2.05, 4.69) is 11.4 Å². The fourth-order valence-electron chi connectivity index (χ4n) is 4.79. The van der Waals surface area contributed by atoms with Gasteiger partial charge in [0.2, 0.25) is 11.8 Å². The number of nitrogens with zero attached hydrogens (tertiary/aromatic N) is 2. The molecule has 1 saturated carbocycles. The third kappa shape index (κ3) is 4.79. The molecule has 6 heteroatoms. The minimum Gasteiger partial charge on any atom is -0.491 e. The van der Waals surface area contributed by atoms with Crippen LogP contribution in [0.15, 0.2) is 35.7 Å². The highest BCUT2D eigenvalue weighted by Crippen LogP contribution is 2.34. The maximum atomic E-state index is 13.4. The van der Waals surface area contributed by atoms with Gasteiger partial charge in [-0.25, -0.2) is 0 Å². The summed E-state index contributed by atoms with van der Waals surface area (Å²) in [4.78, 5) is 31.3. The second kappa shape index (κ2) is 9.86. The molecule has 1 aromatic carbocycles. The molecule has 31 heavy (non-hydrogen) atoms. The quantitative estimate of drug-likeness (QED) is 0.632. The Labute approximate surface area is 189 Å². The summed E-state index contributed by atoms with van der Waals surface area (Å²) in [6.07, 6.45) is 5.01. The number of para-hydroxylation sites is 1. The van der Waals surface area contributed by atoms with Gasteiger partial charge >= 0.3 is 0 Å². The number of likely N-dealkylation sites (N-methyl/N-ethyl adjacent to an activating group) is 1. The van der Waals surface area contributed by atoms with E-state index < -0.39 is 0 Å². The molecular formula is C25H32N2O3S. The Hall–Kier alpha value is -2.34. The zero-order valence-electron chi connectivity index (χ0n) is 18.5. The SMILES string of the molecule is CCN(CC(=O)N1CCc2sccc2C1COc1ccccc1C)C(=O)C1CCCC1. The number of fused-ring (bicyclic) bond motifs is 1. The molecule has 1 aromatic heterocycles. The number of carbonyl (C=O) groups excluding carboxylic acids is 2. The zero-order valence-corrected chi connectivity index (χ0v) is 19.3. The lowest BCUT2D eigenvalue weighted by Crippen LogP contribution is -2.48. The first-order valence-electron chi connectivity index (χ1n) is 11.4. The first kappa shape index (κ1) is 21.9. The van der Waals surface area contributed by atoms with E-state index in [0.29, 0.717) is 19.7 Å². The van der Waals surface area contributed by atoms with Gasteiger partial charge in [-0.1, -0.05) is 31.0 Å². The average Bonchev–Trinajstić information content (AvgIpc) is 3.48. The molecule has 1 aliphatic heterocycles. The second-order valence-corrected chi connectivity index (χ2v) is 9.56. The minimum absolute atomic E-state index is 0.0171. The highest BCUT2D eigenvalue weighted by Gasteiger charge is 2.34. The smallest absolute Gasteiger partial charge is 0.242 e. The lowest BCUT2D eigenvalue weighted by Gasteiger charge is -2.37. The van der Waals surface area contributed by atoms with Crippen LogP contribution in [0, 0.1) is 12.8 Å². The predicted molar refractivity (Wildman–Crippen MR) is 123 cm³/mol. The minimum atomic E-state index is -0.123. The van der Waals surface area contributed by atoms with Gasteiger partial charge in [0, 0.05) is 23.9 Å². The maximum Gasteiger partial charge on any atom is 0.242 e. The van der Waals surface area contributed by atoms with Gasteiger partial charge in [-0.3, -0.25) is 9.59 Å². The van der Waals surface area contributed by atoms with E-state index in [1.165, 1.54) is 10.4 Å². The van der Waals surface area contributed by atoms with Gasteiger partial charge < -0.3 is 14.5 Å². The molecule has 2 aliphatic rings. The number of carbonyl (C=O) groups is 2. The van der Waals surface area contributed by atoms with Crippen LogP contribution in [0.2, 0.25) is 0 Å². The summed E-state index contributed by atoms with van der Waals surface area (Å²) in [6, 6.07) is 9.96. The summed E-state index contributed by atoms with van der Waals surface area (Å²) < 4.78 is 6.17. The second-order valence-electron chi connectivity index (χ2n) is 8.56. The number of benzene rings is 1. The molecule has 0 saturated heterocycles. The van der Waals surface area contributed by atoms with E-state index in [-0.39, 0.29) is 30.3 Å². The van der Waals surface area contributed by atoms with Crippen molar-refractivity contribution in [3.05, 3.63) is 51.7 Å². The van der Waals surface area contributed by atoms with Crippen LogP contribution in [0.4, 0.5) is 0 Å². The summed E-state index contributed by atoms with van der Waals surface area (Å²) in [5, 5.41) is 2.10. The fourth-order valence-corrected chi connectivity index (χ4v) is 5.72. The molecule has 1 fully saturated rings. The van der Waals surface area contributed by atoms with Crippen molar-refractivity contribution in [3.63, 3.8) is 0 Å². The van der Waals surface area contributed by atoms with Gasteiger partial charge in [-0.2, -0.15) is 0 Å². The van der Waals surface area contributed by atoms with Gasteiger partial charge in [-0.05, 0) is 61.7 Å². The molecule has 1 aliphatic carbocycles. The summed E-state index contributed by atoms with van der Waals surface area (Å²) in [5.74, 6) is 1.11. The summed E-state index contributed by atoms with van der Waals surface area (Å²) >= 11 is 1.75. The van der Waals surface area contributed by atoms with E-state index in [0.717, 1.165) is 43.4 Å². The van der Waals surface area contributed by atoms with Crippen LogP contribution >= 0.6 is 11.3 Å². The van der Waals surface area contributed by atoms with Gasteiger partial charge in [0.25, 0.3) is 0 Å². The largest absolute Gasteiger partial charge is 0.491 e. The van der Waals surface area contributed by atoms with Crippen molar-refractivity contribution in [1.29, 1.82) is 0 Å². The first-order valence-corrected chi connectivity index (χ1v) is 12.3. The van der Waals surface area contributed by atoms with Crippen molar-refractivity contribution in [2.75, 3.05) is 26.2 Å². The van der Waals surface area contributed by atoms with Crippen molar-refractivity contribution >= 4 is 23.2 Å². The highest BCUT2D eigenvalue weighted by atomic mass is 32.1. The zero-order chi connectivity index (χ0) is 21.8. The number of hydrogen-bond donors (Lipinski definition) is 0. The fraction of sp³-hybridized carbons (Fsp3) is 0.520. The Morgan fingerprint density at radius 2 is 1.97 bits per heavy atom. The topological polar surface area (TPSA) is 49.9 Å². The molecule has 1 unspecified atom stereocenters. The Kier molecular flexibility index (Phi) is 6.96. The molecule has 5 nitrogen and oxygen atoms in total. The van der Waals surface area contributed by atoms with Crippen LogP contribution in [0.3, 0.4) is 0 Å². The number of ether oxygens (including phenoxy) is 1. The predicted octanol–water partition coefficient (Wildman–Crippen LogP) is 4.60. The van der Waals surface area contributed by atoms with Crippen molar-refractivity contribution in [3.8, 4) is 5.75 Å². The van der Waals surface area contributed by atoms with Crippen LogP contribution in [0.1, 0.15) is 54.7 Å². The number of rotatable bonds is 7. The summed E-state index contributed by atoms with van der Waals surface area (Å²) in [5.41, 5.74) is 2.27. The average molecular weight is 441 g/mol. The van der Waals surface area contributed by atoms with Crippen LogP contribution in [-0.4, -0.2) is 47.9 Å². The molecule has 2 aromatic rings. The van der Waals surface area contributed by atoms with Crippen molar-refractivity contribution in [2.24, 2.45) is 5.92 Å². The molecule has 166 valence electrons. The first-order chi connectivity index (χ1) is 15.1. The van der Waals surface area contributed by atoms with Crippen LogP contribution < -0.4 is 4.74 Å². The number of amides is 2. The molecule has 0 spiro atoms. The molecule has 2 amide bonds. The Balaban J connectivity index is 1.48. The molecule has 0 bridgehead atoms. The third-order valence-corrected chi connectivity index (χ3v) is 7.63.